The molecule has 1 heterocycles. The number of hydrogen-bond acceptors (Lipinski definition) is 4. The lowest BCUT2D eigenvalue weighted by Crippen LogP contribution is -2.43. The normalized spacial score (nSPS) is 24.8. The van der Waals surface area contributed by atoms with Crippen LogP contribution in [-0.4, -0.2) is 48.8 Å². The highest BCUT2D eigenvalue weighted by Gasteiger charge is 2.26. The molecular weight excluding hydrogens is 238 g/mol. The fourth-order valence-corrected chi connectivity index (χ4v) is 2.56. The van der Waals surface area contributed by atoms with Crippen LogP contribution < -0.4 is 4.90 Å². The van der Waals surface area contributed by atoms with Gasteiger partial charge >= 0.3 is 0 Å². The van der Waals surface area contributed by atoms with Crippen molar-refractivity contribution >= 4 is 5.69 Å². The maximum atomic E-state index is 9.51. The zero-order valence-corrected chi connectivity index (χ0v) is 11.6. The minimum atomic E-state index is 0.167. The van der Waals surface area contributed by atoms with Gasteiger partial charge in [0.2, 0.25) is 0 Å². The molecule has 1 aliphatic rings. The minimum Gasteiger partial charge on any atom is -0.395 e. The summed E-state index contributed by atoms with van der Waals surface area (Å²) in [7, 11) is 2.07. The smallest absolute Gasteiger partial charge is 0.0991 e. The Morgan fingerprint density at radius 1 is 1.37 bits per heavy atom. The van der Waals surface area contributed by atoms with Crippen molar-refractivity contribution in [3.63, 3.8) is 0 Å². The number of anilines is 1. The molecule has 19 heavy (non-hydrogen) atoms. The lowest BCUT2D eigenvalue weighted by molar-refractivity contribution is 0.159. The first-order chi connectivity index (χ1) is 9.15. The van der Waals surface area contributed by atoms with E-state index in [-0.39, 0.29) is 12.6 Å². The highest BCUT2D eigenvalue weighted by atomic mass is 16.3. The first-order valence-electron chi connectivity index (χ1n) is 6.73. The molecule has 4 heteroatoms. The van der Waals surface area contributed by atoms with E-state index in [1.807, 2.05) is 24.3 Å². The van der Waals surface area contributed by atoms with E-state index in [1.165, 1.54) is 0 Å². The van der Waals surface area contributed by atoms with Crippen LogP contribution in [0.5, 0.6) is 0 Å². The minimum absolute atomic E-state index is 0.167. The Kier molecular flexibility index (Phi) is 4.41. The van der Waals surface area contributed by atoms with Crippen LogP contribution in [0.4, 0.5) is 5.69 Å². The Morgan fingerprint density at radius 3 is 2.63 bits per heavy atom. The molecule has 2 rings (SSSR count). The lowest BCUT2D eigenvalue weighted by atomic mass is 10.1. The van der Waals surface area contributed by atoms with Gasteiger partial charge < -0.3 is 10.0 Å². The average molecular weight is 259 g/mol. The molecule has 0 amide bonds. The monoisotopic (exact) mass is 259 g/mol. The highest BCUT2D eigenvalue weighted by molar-refractivity contribution is 5.50. The molecular formula is C15H21N3O. The number of benzene rings is 1. The molecule has 0 radical (unpaired) electrons. The van der Waals surface area contributed by atoms with Crippen LogP contribution in [0.15, 0.2) is 24.3 Å². The largest absolute Gasteiger partial charge is 0.395 e. The second-order valence-corrected chi connectivity index (χ2v) is 5.27. The molecule has 2 unspecified atom stereocenters. The van der Waals surface area contributed by atoms with Gasteiger partial charge in [-0.3, -0.25) is 4.90 Å². The predicted octanol–water partition coefficient (Wildman–Crippen LogP) is 1.45. The van der Waals surface area contributed by atoms with Crippen LogP contribution in [0.2, 0.25) is 0 Å². The number of nitrogens with zero attached hydrogens (tertiary/aromatic N) is 3. The van der Waals surface area contributed by atoms with E-state index >= 15 is 0 Å². The molecule has 102 valence electrons. The van der Waals surface area contributed by atoms with E-state index in [4.69, 9.17) is 5.26 Å². The van der Waals surface area contributed by atoms with Gasteiger partial charge in [-0.15, -0.1) is 0 Å². The van der Waals surface area contributed by atoms with Crippen LogP contribution in [0.1, 0.15) is 18.9 Å². The summed E-state index contributed by atoms with van der Waals surface area (Å²) >= 11 is 0. The summed E-state index contributed by atoms with van der Waals surface area (Å²) in [5.41, 5.74) is 1.81. The second kappa shape index (κ2) is 6.05. The number of nitriles is 1. The molecule has 1 aliphatic heterocycles. The summed E-state index contributed by atoms with van der Waals surface area (Å²) in [6.07, 6.45) is 1.08. The summed E-state index contributed by atoms with van der Waals surface area (Å²) in [4.78, 5) is 4.55. The van der Waals surface area contributed by atoms with Crippen LogP contribution >= 0.6 is 0 Å². The lowest BCUT2D eigenvalue weighted by Gasteiger charge is -2.32. The van der Waals surface area contributed by atoms with Crippen LogP contribution in [0, 0.1) is 11.3 Å². The van der Waals surface area contributed by atoms with Crippen molar-refractivity contribution in [1.82, 2.24) is 4.90 Å². The van der Waals surface area contributed by atoms with E-state index in [9.17, 15) is 5.11 Å². The maximum Gasteiger partial charge on any atom is 0.0991 e. The zero-order valence-electron chi connectivity index (χ0n) is 11.6. The topological polar surface area (TPSA) is 50.5 Å². The quantitative estimate of drug-likeness (QED) is 0.873. The summed E-state index contributed by atoms with van der Waals surface area (Å²) in [5.74, 6) is 0. The molecule has 0 spiro atoms. The fraction of sp³-hybridized carbons (Fsp3) is 0.533. The van der Waals surface area contributed by atoms with Gasteiger partial charge in [-0.1, -0.05) is 0 Å². The third-order valence-corrected chi connectivity index (χ3v) is 4.00. The Morgan fingerprint density at radius 2 is 2.05 bits per heavy atom. The first-order valence-corrected chi connectivity index (χ1v) is 6.73. The van der Waals surface area contributed by atoms with Gasteiger partial charge in [0.1, 0.15) is 0 Å². The number of hydrogen-bond donors (Lipinski definition) is 1. The SMILES string of the molecule is CC1CCN(C)C(CO)CN1c1ccc(C#N)cc1. The zero-order chi connectivity index (χ0) is 13.8. The molecule has 1 fully saturated rings. The van der Waals surface area contributed by atoms with Crippen molar-refractivity contribution in [2.24, 2.45) is 0 Å². The number of aliphatic hydroxyl groups is 1. The van der Waals surface area contributed by atoms with E-state index in [2.05, 4.69) is 29.8 Å². The van der Waals surface area contributed by atoms with Gasteiger partial charge in [-0.05, 0) is 44.7 Å². The Labute approximate surface area is 114 Å². The Bertz CT molecular complexity index is 451. The molecule has 0 aromatic heterocycles. The van der Waals surface area contributed by atoms with Gasteiger partial charge in [0.25, 0.3) is 0 Å². The van der Waals surface area contributed by atoms with Crippen LogP contribution in [0.25, 0.3) is 0 Å². The van der Waals surface area contributed by atoms with E-state index < -0.39 is 0 Å². The van der Waals surface area contributed by atoms with E-state index in [0.29, 0.717) is 11.6 Å². The predicted molar refractivity (Wildman–Crippen MR) is 76.1 cm³/mol. The molecule has 1 aromatic carbocycles. The summed E-state index contributed by atoms with van der Waals surface area (Å²) < 4.78 is 0. The van der Waals surface area contributed by atoms with Crippen molar-refractivity contribution in [1.29, 1.82) is 5.26 Å². The third-order valence-electron chi connectivity index (χ3n) is 4.00. The molecule has 1 saturated heterocycles. The van der Waals surface area contributed by atoms with Gasteiger partial charge in [-0.25, -0.2) is 0 Å². The van der Waals surface area contributed by atoms with Crippen LogP contribution in [0.3, 0.4) is 0 Å². The highest BCUT2D eigenvalue weighted by Crippen LogP contribution is 2.23. The van der Waals surface area contributed by atoms with Crippen molar-refractivity contribution < 1.29 is 5.11 Å². The van der Waals surface area contributed by atoms with E-state index in [1.54, 1.807) is 0 Å². The van der Waals surface area contributed by atoms with Crippen molar-refractivity contribution in [3.05, 3.63) is 29.8 Å². The van der Waals surface area contributed by atoms with Gasteiger partial charge in [0.15, 0.2) is 0 Å². The van der Waals surface area contributed by atoms with Crippen molar-refractivity contribution in [2.75, 3.05) is 31.6 Å². The first kappa shape index (κ1) is 13.9. The van der Waals surface area contributed by atoms with E-state index in [0.717, 1.165) is 25.2 Å². The average Bonchev–Trinajstić information content (AvgIpc) is 2.59. The molecule has 0 saturated carbocycles. The second-order valence-electron chi connectivity index (χ2n) is 5.27. The molecule has 0 aliphatic carbocycles. The van der Waals surface area contributed by atoms with Gasteiger partial charge in [0.05, 0.1) is 18.2 Å². The fourth-order valence-electron chi connectivity index (χ4n) is 2.56. The Balaban J connectivity index is 2.22. The molecule has 0 bridgehead atoms. The van der Waals surface area contributed by atoms with Gasteiger partial charge in [0, 0.05) is 30.9 Å². The third kappa shape index (κ3) is 3.06. The van der Waals surface area contributed by atoms with Crippen molar-refractivity contribution in [2.45, 2.75) is 25.4 Å². The summed E-state index contributed by atoms with van der Waals surface area (Å²) in [5, 5.41) is 18.4. The molecule has 4 nitrogen and oxygen atoms in total. The van der Waals surface area contributed by atoms with Crippen LogP contribution in [-0.2, 0) is 0 Å². The number of rotatable bonds is 2. The summed E-state index contributed by atoms with van der Waals surface area (Å²) in [6.45, 7) is 4.21. The summed E-state index contributed by atoms with van der Waals surface area (Å²) in [6, 6.07) is 10.4. The number of likely N-dealkylation sites (N-methyl/N-ethyl adjacent to an activating group) is 1. The number of aliphatic hydroxyl groups excluding tert-OH is 1. The molecule has 1 N–H and O–H groups in total. The van der Waals surface area contributed by atoms with Crippen molar-refractivity contribution in [3.8, 4) is 6.07 Å². The molecule has 2 atom stereocenters. The molecule has 1 aromatic rings. The Hall–Kier alpha value is -1.57. The standard InChI is InChI=1S/C15H21N3O/c1-12-7-8-17(2)15(11-19)10-18(12)14-5-3-13(9-16)4-6-14/h3-6,12,15,19H,7-8,10-11H2,1-2H3. The van der Waals surface area contributed by atoms with Gasteiger partial charge in [-0.2, -0.15) is 5.26 Å². The maximum absolute atomic E-state index is 9.51.